The predicted molar refractivity (Wildman–Crippen MR) is 124 cm³/mol. The van der Waals surface area contributed by atoms with Crippen LogP contribution in [0, 0.1) is 46.3 Å². The third kappa shape index (κ3) is 3.69. The Bertz CT molecular complexity index is 689. The minimum absolute atomic E-state index is 0.0786. The molecule has 4 fully saturated rings. The monoisotopic (exact) mass is 550 g/mol. The lowest BCUT2D eigenvalue weighted by Gasteiger charge is -2.64. The lowest BCUT2D eigenvalue weighted by atomic mass is 9.42. The molecule has 4 saturated carbocycles. The highest BCUT2D eigenvalue weighted by Gasteiger charge is 2.67. The highest BCUT2D eigenvalue weighted by atomic mass is 127. The number of fused-ring (bicyclic) bond motifs is 5. The molecular formula is C24H39IO6. The highest BCUT2D eigenvalue weighted by molar-refractivity contribution is 14.1. The minimum Gasteiger partial charge on any atom is -0.481 e. The van der Waals surface area contributed by atoms with E-state index in [0.29, 0.717) is 32.1 Å². The van der Waals surface area contributed by atoms with E-state index in [1.165, 1.54) is 0 Å². The molecule has 0 spiro atoms. The van der Waals surface area contributed by atoms with Crippen molar-refractivity contribution in [3.05, 3.63) is 0 Å². The van der Waals surface area contributed by atoms with Crippen LogP contribution in [-0.2, 0) is 7.86 Å². The molecule has 0 aliphatic heterocycles. The molecule has 4 aliphatic carbocycles. The number of hydrogen-bond acceptors (Lipinski definition) is 5. The Kier molecular flexibility index (Phi) is 6.76. The van der Waals surface area contributed by atoms with Crippen molar-refractivity contribution in [2.75, 3.05) is 0 Å². The van der Waals surface area contributed by atoms with E-state index in [1.54, 1.807) is 0 Å². The smallest absolute Gasteiger partial charge is 0.303 e. The standard InChI is InChI=1S/C24H39IO6/c1-12(4-7-21(29)30)15-5-6-16-22-17(11-19(28)24(15,16)3)23(2)13(9-18(22)27)8-14(26)10-20(23)31-25/h12-20,22,26-28H,4-11H2,1-3H3,(H,29,30)/t12-,13+,14+,15-,16+,17+,18-,19+,20?,22+,23+,24-/m1/s1. The molecule has 0 aromatic rings. The quantitative estimate of drug-likeness (QED) is 0.388. The number of halogens is 1. The first kappa shape index (κ1) is 24.2. The van der Waals surface area contributed by atoms with Gasteiger partial charge in [-0.05, 0) is 79.4 Å². The molecule has 0 amide bonds. The number of rotatable bonds is 5. The van der Waals surface area contributed by atoms with Crippen molar-refractivity contribution in [2.24, 2.45) is 46.3 Å². The Hall–Kier alpha value is 0.0400. The maximum atomic E-state index is 11.6. The lowest BCUT2D eigenvalue weighted by Crippen LogP contribution is -2.65. The first-order valence-corrected chi connectivity index (χ1v) is 13.0. The number of hydrogen-bond donors (Lipinski definition) is 4. The molecule has 4 rings (SSSR count). The van der Waals surface area contributed by atoms with Crippen LogP contribution in [0.3, 0.4) is 0 Å². The summed E-state index contributed by atoms with van der Waals surface area (Å²) in [5, 5.41) is 42.5. The van der Waals surface area contributed by atoms with Crippen molar-refractivity contribution < 1.29 is 28.3 Å². The van der Waals surface area contributed by atoms with Crippen LogP contribution in [0.5, 0.6) is 0 Å². The third-order valence-corrected chi connectivity index (χ3v) is 11.1. The lowest BCUT2D eigenvalue weighted by molar-refractivity contribution is -0.226. The largest absolute Gasteiger partial charge is 0.481 e. The molecule has 0 bridgehead atoms. The van der Waals surface area contributed by atoms with Gasteiger partial charge in [-0.3, -0.25) is 4.79 Å². The van der Waals surface area contributed by atoms with Crippen LogP contribution in [0.15, 0.2) is 0 Å². The Labute approximate surface area is 199 Å². The molecule has 4 N–H and O–H groups in total. The minimum atomic E-state index is -0.762. The Morgan fingerprint density at radius 2 is 1.77 bits per heavy atom. The molecule has 0 saturated heterocycles. The zero-order chi connectivity index (χ0) is 22.7. The number of carbonyl (C=O) groups is 1. The van der Waals surface area contributed by atoms with Crippen molar-refractivity contribution in [3.8, 4) is 0 Å². The van der Waals surface area contributed by atoms with Gasteiger partial charge >= 0.3 is 5.97 Å². The van der Waals surface area contributed by atoms with Gasteiger partial charge in [-0.15, -0.1) is 0 Å². The normalized spacial score (nSPS) is 52.7. The van der Waals surface area contributed by atoms with E-state index in [4.69, 9.17) is 8.17 Å². The second kappa shape index (κ2) is 8.67. The molecule has 31 heavy (non-hydrogen) atoms. The van der Waals surface area contributed by atoms with Gasteiger partial charge in [0.2, 0.25) is 0 Å². The number of carboxylic acid groups (broad SMARTS) is 1. The van der Waals surface area contributed by atoms with E-state index < -0.39 is 24.3 Å². The average Bonchev–Trinajstić information content (AvgIpc) is 3.06. The third-order valence-electron chi connectivity index (χ3n) is 10.5. The summed E-state index contributed by atoms with van der Waals surface area (Å²) in [6.07, 6.45) is 4.04. The topological polar surface area (TPSA) is 107 Å². The van der Waals surface area contributed by atoms with Crippen LogP contribution in [0.1, 0.15) is 72.1 Å². The van der Waals surface area contributed by atoms with Gasteiger partial charge in [-0.1, -0.05) is 20.8 Å². The van der Waals surface area contributed by atoms with Crippen LogP contribution in [0.4, 0.5) is 0 Å². The molecule has 4 aliphatic rings. The van der Waals surface area contributed by atoms with Crippen molar-refractivity contribution in [1.29, 1.82) is 0 Å². The SMILES string of the molecule is C[C@H](CCC(=O)O)[C@H]1CC[C@H]2[C@@H]3[C@H](O)C[C@@H]4C[C@H](O)CC(OI)[C@]4(C)[C@H]3C[C@H](O)[C@]12C. The second-order valence-corrected chi connectivity index (χ2v) is 12.1. The van der Waals surface area contributed by atoms with Crippen LogP contribution >= 0.6 is 23.0 Å². The maximum absolute atomic E-state index is 11.6. The molecule has 0 heterocycles. The van der Waals surface area contributed by atoms with E-state index in [0.717, 1.165) is 12.8 Å². The maximum Gasteiger partial charge on any atom is 0.303 e. The molecule has 0 radical (unpaired) electrons. The van der Waals surface area contributed by atoms with Crippen molar-refractivity contribution in [3.63, 3.8) is 0 Å². The highest BCUT2D eigenvalue weighted by Crippen LogP contribution is 2.68. The Morgan fingerprint density at radius 3 is 2.42 bits per heavy atom. The van der Waals surface area contributed by atoms with Gasteiger partial charge in [0.25, 0.3) is 0 Å². The Morgan fingerprint density at radius 1 is 1.06 bits per heavy atom. The fourth-order valence-corrected chi connectivity index (χ4v) is 9.61. The number of carboxylic acids is 1. The summed E-state index contributed by atoms with van der Waals surface area (Å²) >= 11 is 1.97. The molecule has 7 heteroatoms. The summed E-state index contributed by atoms with van der Waals surface area (Å²) in [7, 11) is 0. The molecule has 1 unspecified atom stereocenters. The summed E-state index contributed by atoms with van der Waals surface area (Å²) < 4.78 is 5.89. The van der Waals surface area contributed by atoms with E-state index in [2.05, 4.69) is 20.8 Å². The van der Waals surface area contributed by atoms with Gasteiger partial charge in [0, 0.05) is 18.3 Å². The summed E-state index contributed by atoms with van der Waals surface area (Å²) in [5.74, 6) is 0.447. The number of aliphatic hydroxyl groups is 3. The van der Waals surface area contributed by atoms with Crippen molar-refractivity contribution >= 4 is 29.0 Å². The summed E-state index contributed by atoms with van der Waals surface area (Å²) in [6.45, 7) is 6.61. The van der Waals surface area contributed by atoms with Crippen LogP contribution in [-0.4, -0.2) is 50.8 Å². The molecule has 0 aromatic heterocycles. The average molecular weight is 550 g/mol. The molecule has 178 valence electrons. The van der Waals surface area contributed by atoms with Crippen LogP contribution < -0.4 is 0 Å². The van der Waals surface area contributed by atoms with E-state index >= 15 is 0 Å². The second-order valence-electron chi connectivity index (χ2n) is 11.6. The van der Waals surface area contributed by atoms with Gasteiger partial charge in [0.1, 0.15) is 23.0 Å². The predicted octanol–water partition coefficient (Wildman–Crippen LogP) is 3.79. The Balaban J connectivity index is 1.65. The number of aliphatic carboxylic acids is 1. The van der Waals surface area contributed by atoms with Gasteiger partial charge < -0.3 is 23.5 Å². The van der Waals surface area contributed by atoms with Gasteiger partial charge in [0.15, 0.2) is 0 Å². The van der Waals surface area contributed by atoms with E-state index in [-0.39, 0.29) is 58.9 Å². The zero-order valence-corrected chi connectivity index (χ0v) is 21.1. The fraction of sp³-hybridized carbons (Fsp3) is 0.958. The first-order valence-electron chi connectivity index (χ1n) is 12.1. The van der Waals surface area contributed by atoms with Gasteiger partial charge in [0.05, 0.1) is 24.4 Å². The number of aliphatic hydroxyl groups excluding tert-OH is 3. The molecular weight excluding hydrogens is 511 g/mol. The van der Waals surface area contributed by atoms with Crippen LogP contribution in [0.25, 0.3) is 0 Å². The summed E-state index contributed by atoms with van der Waals surface area (Å²) in [6, 6.07) is 0. The van der Waals surface area contributed by atoms with E-state index in [1.807, 2.05) is 23.0 Å². The summed E-state index contributed by atoms with van der Waals surface area (Å²) in [5.41, 5.74) is -0.461. The first-order chi connectivity index (χ1) is 14.5. The van der Waals surface area contributed by atoms with Crippen molar-refractivity contribution in [2.45, 2.75) is 96.6 Å². The van der Waals surface area contributed by atoms with Crippen LogP contribution in [0.2, 0.25) is 0 Å². The van der Waals surface area contributed by atoms with Gasteiger partial charge in [-0.2, -0.15) is 0 Å². The van der Waals surface area contributed by atoms with E-state index in [9.17, 15) is 20.1 Å². The molecule has 12 atom stereocenters. The molecule has 0 aromatic carbocycles. The van der Waals surface area contributed by atoms with Gasteiger partial charge in [-0.25, -0.2) is 0 Å². The molecule has 6 nitrogen and oxygen atoms in total. The fourth-order valence-electron chi connectivity index (χ4n) is 8.86. The van der Waals surface area contributed by atoms with Crippen molar-refractivity contribution in [1.82, 2.24) is 0 Å². The zero-order valence-electron chi connectivity index (χ0n) is 18.9. The summed E-state index contributed by atoms with van der Waals surface area (Å²) in [4.78, 5) is 11.1.